The van der Waals surface area contributed by atoms with Crippen LogP contribution >= 0.6 is 11.6 Å². The summed E-state index contributed by atoms with van der Waals surface area (Å²) in [5.41, 5.74) is 1.47. The Labute approximate surface area is 116 Å². The number of benzene rings is 1. The van der Waals surface area contributed by atoms with E-state index < -0.39 is 19.2 Å². The van der Waals surface area contributed by atoms with Crippen molar-refractivity contribution in [3.05, 3.63) is 28.3 Å². The van der Waals surface area contributed by atoms with Gasteiger partial charge in [-0.3, -0.25) is 0 Å². The molecule has 0 amide bonds. The van der Waals surface area contributed by atoms with Gasteiger partial charge < -0.3 is 14.4 Å². The number of rotatable bonds is 3. The second kappa shape index (κ2) is 5.66. The summed E-state index contributed by atoms with van der Waals surface area (Å²) in [6.45, 7) is 2.09. The Balaban J connectivity index is 2.28. The van der Waals surface area contributed by atoms with Gasteiger partial charge in [-0.2, -0.15) is 0 Å². The van der Waals surface area contributed by atoms with Gasteiger partial charge in [-0.15, -0.1) is 6.42 Å². The van der Waals surface area contributed by atoms with Crippen LogP contribution in [0.5, 0.6) is 0 Å². The van der Waals surface area contributed by atoms with Gasteiger partial charge in [-0.25, -0.2) is 4.79 Å². The number of ether oxygens (including phenoxy) is 1. The molecule has 0 bridgehead atoms. The van der Waals surface area contributed by atoms with Crippen molar-refractivity contribution in [3.8, 4) is 12.3 Å². The second-order valence-corrected chi connectivity index (χ2v) is 4.57. The molecule has 0 aromatic heterocycles. The van der Waals surface area contributed by atoms with Crippen molar-refractivity contribution in [2.45, 2.75) is 26.1 Å². The van der Waals surface area contributed by atoms with E-state index in [4.69, 9.17) is 27.4 Å². The Bertz CT molecular complexity index is 552. The van der Waals surface area contributed by atoms with Crippen LogP contribution < -0.4 is 5.46 Å². The molecule has 1 N–H and O–H groups in total. The van der Waals surface area contributed by atoms with E-state index in [0.29, 0.717) is 11.9 Å². The largest absolute Gasteiger partial charge is 0.491 e. The Morgan fingerprint density at radius 1 is 1.74 bits per heavy atom. The molecule has 0 spiro atoms. The maximum absolute atomic E-state index is 12.0. The molecule has 1 aromatic rings. The van der Waals surface area contributed by atoms with Gasteiger partial charge in [0.2, 0.25) is 0 Å². The van der Waals surface area contributed by atoms with Crippen molar-refractivity contribution in [2.24, 2.45) is 0 Å². The van der Waals surface area contributed by atoms with E-state index in [-0.39, 0.29) is 17.2 Å². The summed E-state index contributed by atoms with van der Waals surface area (Å²) in [7, 11) is -1.03. The lowest BCUT2D eigenvalue weighted by molar-refractivity contribution is 0.0405. The minimum atomic E-state index is -1.03. The van der Waals surface area contributed by atoms with Gasteiger partial charge in [0.05, 0.1) is 17.2 Å². The Hall–Kier alpha value is -1.48. The van der Waals surface area contributed by atoms with Crippen LogP contribution in [0.3, 0.4) is 0 Å². The third kappa shape index (κ3) is 2.76. The highest BCUT2D eigenvalue weighted by molar-refractivity contribution is 6.61. The first-order valence-electron chi connectivity index (χ1n) is 5.86. The third-order valence-electron chi connectivity index (χ3n) is 2.92. The van der Waals surface area contributed by atoms with Crippen LogP contribution in [0.2, 0.25) is 5.02 Å². The maximum Gasteiger partial charge on any atom is 0.491 e. The van der Waals surface area contributed by atoms with E-state index in [1.807, 2.05) is 6.92 Å². The minimum absolute atomic E-state index is 0.179. The highest BCUT2D eigenvalue weighted by Gasteiger charge is 2.30. The van der Waals surface area contributed by atoms with Crippen molar-refractivity contribution in [1.29, 1.82) is 0 Å². The number of carbonyl (C=O) groups excluding carboxylic acids is 1. The second-order valence-electron chi connectivity index (χ2n) is 4.16. The molecule has 0 radical (unpaired) electrons. The average Bonchev–Trinajstić information content (AvgIpc) is 2.75. The molecule has 0 fully saturated rings. The van der Waals surface area contributed by atoms with Crippen LogP contribution in [0.4, 0.5) is 0 Å². The van der Waals surface area contributed by atoms with Crippen LogP contribution in [-0.2, 0) is 16.0 Å². The van der Waals surface area contributed by atoms with Crippen LogP contribution in [0.1, 0.15) is 29.3 Å². The first-order chi connectivity index (χ1) is 9.06. The van der Waals surface area contributed by atoms with Crippen LogP contribution in [0, 0.1) is 12.3 Å². The zero-order chi connectivity index (χ0) is 14.0. The summed E-state index contributed by atoms with van der Waals surface area (Å²) in [6.07, 6.45) is 5.18. The van der Waals surface area contributed by atoms with Gasteiger partial charge in [-0.05, 0) is 29.6 Å². The molecule has 1 heterocycles. The van der Waals surface area contributed by atoms with E-state index in [2.05, 4.69) is 5.92 Å². The number of halogens is 1. The predicted octanol–water partition coefficient (Wildman–Crippen LogP) is 1.13. The van der Waals surface area contributed by atoms with Gasteiger partial charge in [0, 0.05) is 0 Å². The van der Waals surface area contributed by atoms with Gasteiger partial charge in [0.1, 0.15) is 0 Å². The van der Waals surface area contributed by atoms with E-state index in [9.17, 15) is 9.82 Å². The third-order valence-corrected chi connectivity index (χ3v) is 3.23. The predicted molar refractivity (Wildman–Crippen MR) is 72.2 cm³/mol. The molecule has 98 valence electrons. The molecule has 0 saturated heterocycles. The number of esters is 1. The summed E-state index contributed by atoms with van der Waals surface area (Å²) < 4.78 is 10.2. The Morgan fingerprint density at radius 3 is 3.11 bits per heavy atom. The molecule has 4 nitrogen and oxygen atoms in total. The molecule has 2 rings (SSSR count). The standard InChI is InChI=1S/C13H12BClO4/c1-3-9(4-2)19-13(16)10-6-11-8(5-12(10)15)7-18-14(11)17/h1,5-6,9,17H,4,7H2,2H3. The number of terminal acetylenes is 1. The van der Waals surface area contributed by atoms with Crippen LogP contribution in [0.15, 0.2) is 12.1 Å². The zero-order valence-electron chi connectivity index (χ0n) is 10.4. The first kappa shape index (κ1) is 13.9. The highest BCUT2D eigenvalue weighted by atomic mass is 35.5. The fraction of sp³-hybridized carbons (Fsp3) is 0.308. The molecular weight excluding hydrogens is 266 g/mol. The normalized spacial score (nSPS) is 14.7. The molecule has 1 atom stereocenters. The molecule has 19 heavy (non-hydrogen) atoms. The summed E-state index contributed by atoms with van der Waals surface area (Å²) in [6, 6.07) is 3.08. The quantitative estimate of drug-likeness (QED) is 0.511. The van der Waals surface area contributed by atoms with Gasteiger partial charge in [0.15, 0.2) is 6.10 Å². The van der Waals surface area contributed by atoms with E-state index in [1.165, 1.54) is 6.07 Å². The SMILES string of the molecule is C#CC(CC)OC(=O)c1cc2c(cc1Cl)COB2O. The summed E-state index contributed by atoms with van der Waals surface area (Å²) in [5.74, 6) is 1.77. The number of fused-ring (bicyclic) bond motifs is 1. The Kier molecular flexibility index (Phi) is 4.15. The molecule has 1 aliphatic heterocycles. The molecule has 1 unspecified atom stereocenters. The minimum Gasteiger partial charge on any atom is -0.446 e. The zero-order valence-corrected chi connectivity index (χ0v) is 11.1. The van der Waals surface area contributed by atoms with Gasteiger partial charge in [0.25, 0.3) is 0 Å². The van der Waals surface area contributed by atoms with Gasteiger partial charge >= 0.3 is 13.1 Å². The van der Waals surface area contributed by atoms with E-state index in [0.717, 1.165) is 5.56 Å². The summed E-state index contributed by atoms with van der Waals surface area (Å²) >= 11 is 6.03. The fourth-order valence-electron chi connectivity index (χ4n) is 1.83. The van der Waals surface area contributed by atoms with Crippen LogP contribution in [0.25, 0.3) is 0 Å². The summed E-state index contributed by atoms with van der Waals surface area (Å²) in [5, 5.41) is 9.86. The topological polar surface area (TPSA) is 55.8 Å². The monoisotopic (exact) mass is 278 g/mol. The Morgan fingerprint density at radius 2 is 2.47 bits per heavy atom. The van der Waals surface area contributed by atoms with Crippen molar-refractivity contribution in [2.75, 3.05) is 0 Å². The molecule has 0 aliphatic carbocycles. The number of hydrogen-bond acceptors (Lipinski definition) is 4. The molecule has 0 saturated carbocycles. The van der Waals surface area contributed by atoms with E-state index in [1.54, 1.807) is 6.07 Å². The lowest BCUT2D eigenvalue weighted by Gasteiger charge is -2.12. The summed E-state index contributed by atoms with van der Waals surface area (Å²) in [4.78, 5) is 12.0. The van der Waals surface area contributed by atoms with Crippen molar-refractivity contribution >= 4 is 30.2 Å². The van der Waals surface area contributed by atoms with Crippen LogP contribution in [-0.4, -0.2) is 24.2 Å². The first-order valence-corrected chi connectivity index (χ1v) is 6.23. The van der Waals surface area contributed by atoms with Crippen molar-refractivity contribution in [1.82, 2.24) is 0 Å². The fourth-order valence-corrected chi connectivity index (χ4v) is 2.09. The lowest BCUT2D eigenvalue weighted by Crippen LogP contribution is -2.29. The number of carbonyl (C=O) groups is 1. The molecule has 6 heteroatoms. The lowest BCUT2D eigenvalue weighted by atomic mass is 9.79. The average molecular weight is 278 g/mol. The maximum atomic E-state index is 12.0. The number of hydrogen-bond donors (Lipinski definition) is 1. The highest BCUT2D eigenvalue weighted by Crippen LogP contribution is 2.22. The van der Waals surface area contributed by atoms with Crippen molar-refractivity contribution < 1.29 is 19.2 Å². The van der Waals surface area contributed by atoms with Crippen molar-refractivity contribution in [3.63, 3.8) is 0 Å². The molecular formula is C13H12BClO4. The molecule has 1 aromatic carbocycles. The smallest absolute Gasteiger partial charge is 0.446 e. The molecule has 1 aliphatic rings. The van der Waals surface area contributed by atoms with Gasteiger partial charge in [-0.1, -0.05) is 24.4 Å². The van der Waals surface area contributed by atoms with E-state index >= 15 is 0 Å².